The van der Waals surface area contributed by atoms with Crippen molar-refractivity contribution in [1.29, 1.82) is 0 Å². The predicted molar refractivity (Wildman–Crippen MR) is 106 cm³/mol. The average molecular weight is 371 g/mol. The second-order valence-corrected chi connectivity index (χ2v) is 8.90. The number of hydrogen-bond acceptors (Lipinski definition) is 4. The van der Waals surface area contributed by atoms with E-state index in [4.69, 9.17) is 0 Å². The SMILES string of the molecule is CC(C)c1nn(CC(=O)NC2CC(O)C2)c(=O)c2ccc(C(C)(C)C)cc12. The van der Waals surface area contributed by atoms with Gasteiger partial charge in [-0.1, -0.05) is 40.7 Å². The van der Waals surface area contributed by atoms with Crippen molar-refractivity contribution in [3.8, 4) is 0 Å². The van der Waals surface area contributed by atoms with E-state index in [9.17, 15) is 14.7 Å². The Morgan fingerprint density at radius 2 is 1.96 bits per heavy atom. The number of hydrogen-bond donors (Lipinski definition) is 2. The van der Waals surface area contributed by atoms with Crippen molar-refractivity contribution in [2.24, 2.45) is 0 Å². The second kappa shape index (κ2) is 7.08. The highest BCUT2D eigenvalue weighted by Crippen LogP contribution is 2.28. The van der Waals surface area contributed by atoms with Crippen LogP contribution in [0.15, 0.2) is 23.0 Å². The zero-order chi connectivity index (χ0) is 19.9. The molecule has 1 aromatic heterocycles. The third-order valence-electron chi connectivity index (χ3n) is 5.17. The van der Waals surface area contributed by atoms with Crippen molar-refractivity contribution in [2.75, 3.05) is 0 Å². The number of fused-ring (bicyclic) bond motifs is 1. The van der Waals surface area contributed by atoms with Crippen LogP contribution in [0.25, 0.3) is 10.8 Å². The smallest absolute Gasteiger partial charge is 0.275 e. The highest BCUT2D eigenvalue weighted by Gasteiger charge is 2.28. The van der Waals surface area contributed by atoms with E-state index in [1.165, 1.54) is 4.68 Å². The van der Waals surface area contributed by atoms with Crippen LogP contribution in [0.3, 0.4) is 0 Å². The molecule has 1 heterocycles. The van der Waals surface area contributed by atoms with Crippen LogP contribution in [0.5, 0.6) is 0 Å². The minimum Gasteiger partial charge on any atom is -0.393 e. The van der Waals surface area contributed by atoms with Crippen molar-refractivity contribution in [3.63, 3.8) is 0 Å². The Morgan fingerprint density at radius 3 is 2.52 bits per heavy atom. The van der Waals surface area contributed by atoms with Crippen molar-refractivity contribution >= 4 is 16.7 Å². The summed E-state index contributed by atoms with van der Waals surface area (Å²) >= 11 is 0. The van der Waals surface area contributed by atoms with Gasteiger partial charge in [0.1, 0.15) is 6.54 Å². The van der Waals surface area contributed by atoms with E-state index in [2.05, 4.69) is 37.3 Å². The molecule has 1 saturated carbocycles. The number of aromatic nitrogens is 2. The molecule has 1 fully saturated rings. The van der Waals surface area contributed by atoms with Gasteiger partial charge in [0.05, 0.1) is 17.2 Å². The van der Waals surface area contributed by atoms with E-state index < -0.39 is 0 Å². The topological polar surface area (TPSA) is 84.2 Å². The normalized spacial score (nSPS) is 20.0. The van der Waals surface area contributed by atoms with Gasteiger partial charge in [0.25, 0.3) is 5.56 Å². The van der Waals surface area contributed by atoms with Crippen LogP contribution in [0.1, 0.15) is 64.6 Å². The van der Waals surface area contributed by atoms with E-state index in [0.717, 1.165) is 16.6 Å². The van der Waals surface area contributed by atoms with E-state index in [-0.39, 0.29) is 41.5 Å². The summed E-state index contributed by atoms with van der Waals surface area (Å²) in [7, 11) is 0. The molecule has 1 aliphatic carbocycles. The number of nitrogens with one attached hydrogen (secondary N) is 1. The molecule has 0 atom stereocenters. The number of amides is 1. The van der Waals surface area contributed by atoms with Crippen LogP contribution in [0.4, 0.5) is 0 Å². The summed E-state index contributed by atoms with van der Waals surface area (Å²) < 4.78 is 1.26. The summed E-state index contributed by atoms with van der Waals surface area (Å²) in [6.45, 7) is 10.4. The van der Waals surface area contributed by atoms with Crippen molar-refractivity contribution in [1.82, 2.24) is 15.1 Å². The molecule has 6 nitrogen and oxygen atoms in total. The van der Waals surface area contributed by atoms with Crippen LogP contribution in [-0.4, -0.2) is 32.9 Å². The zero-order valence-electron chi connectivity index (χ0n) is 16.7. The summed E-state index contributed by atoms with van der Waals surface area (Å²) in [4.78, 5) is 25.2. The van der Waals surface area contributed by atoms with Gasteiger partial charge in [0.15, 0.2) is 0 Å². The lowest BCUT2D eigenvalue weighted by Gasteiger charge is -2.31. The number of aliphatic hydroxyl groups is 1. The van der Waals surface area contributed by atoms with E-state index in [1.807, 2.05) is 26.0 Å². The van der Waals surface area contributed by atoms with Crippen LogP contribution < -0.4 is 10.9 Å². The van der Waals surface area contributed by atoms with Gasteiger partial charge in [-0.05, 0) is 41.9 Å². The molecule has 2 aromatic rings. The van der Waals surface area contributed by atoms with E-state index in [1.54, 1.807) is 0 Å². The first-order valence-electron chi connectivity index (χ1n) is 9.59. The zero-order valence-corrected chi connectivity index (χ0v) is 16.7. The Labute approximate surface area is 159 Å². The molecule has 3 rings (SSSR count). The third kappa shape index (κ3) is 4.05. The Morgan fingerprint density at radius 1 is 1.30 bits per heavy atom. The van der Waals surface area contributed by atoms with Gasteiger partial charge >= 0.3 is 0 Å². The standard InChI is InChI=1S/C21H29N3O3/c1-12(2)19-17-8-13(21(3,4)5)6-7-16(17)20(27)24(23-19)11-18(26)22-14-9-15(25)10-14/h6-8,12,14-15,25H,9-11H2,1-5H3,(H,22,26). The molecule has 2 N–H and O–H groups in total. The second-order valence-electron chi connectivity index (χ2n) is 8.90. The monoisotopic (exact) mass is 371 g/mol. The molecule has 1 aromatic carbocycles. The van der Waals surface area contributed by atoms with E-state index >= 15 is 0 Å². The lowest BCUT2D eigenvalue weighted by atomic mass is 9.85. The summed E-state index contributed by atoms with van der Waals surface area (Å²) in [5.41, 5.74) is 1.70. The summed E-state index contributed by atoms with van der Waals surface area (Å²) in [6.07, 6.45) is 0.804. The maximum atomic E-state index is 12.9. The Kier molecular flexibility index (Phi) is 5.12. The van der Waals surface area contributed by atoms with E-state index in [0.29, 0.717) is 18.2 Å². The number of aliphatic hydroxyl groups excluding tert-OH is 1. The first-order chi connectivity index (χ1) is 12.6. The third-order valence-corrected chi connectivity index (χ3v) is 5.17. The lowest BCUT2D eigenvalue weighted by Crippen LogP contribution is -2.48. The molecular weight excluding hydrogens is 342 g/mol. The fourth-order valence-electron chi connectivity index (χ4n) is 3.43. The quantitative estimate of drug-likeness (QED) is 0.865. The molecule has 1 aliphatic rings. The van der Waals surface area contributed by atoms with Gasteiger partial charge in [-0.25, -0.2) is 4.68 Å². The van der Waals surface area contributed by atoms with Crippen molar-refractivity contribution < 1.29 is 9.90 Å². The summed E-state index contributed by atoms with van der Waals surface area (Å²) in [6, 6.07) is 5.87. The minimum atomic E-state index is -0.332. The molecule has 27 heavy (non-hydrogen) atoms. The van der Waals surface area contributed by atoms with Crippen molar-refractivity contribution in [3.05, 3.63) is 39.8 Å². The van der Waals surface area contributed by atoms with Gasteiger partial charge in [0, 0.05) is 11.4 Å². The number of carbonyl (C=O) groups is 1. The number of rotatable bonds is 4. The fourth-order valence-corrected chi connectivity index (χ4v) is 3.43. The van der Waals surface area contributed by atoms with Crippen LogP contribution >= 0.6 is 0 Å². The molecule has 0 bridgehead atoms. The van der Waals surface area contributed by atoms with Crippen LogP contribution in [-0.2, 0) is 16.8 Å². The molecule has 0 spiro atoms. The summed E-state index contributed by atoms with van der Waals surface area (Å²) in [5, 5.41) is 18.2. The molecular formula is C21H29N3O3. The average Bonchev–Trinajstić information content (AvgIpc) is 2.54. The molecule has 0 saturated heterocycles. The highest BCUT2D eigenvalue weighted by molar-refractivity contribution is 5.85. The van der Waals surface area contributed by atoms with Crippen LogP contribution in [0, 0.1) is 0 Å². The molecule has 0 unspecified atom stereocenters. The lowest BCUT2D eigenvalue weighted by molar-refractivity contribution is -0.123. The summed E-state index contributed by atoms with van der Waals surface area (Å²) in [5.74, 6) is -0.124. The Bertz CT molecular complexity index is 919. The largest absolute Gasteiger partial charge is 0.393 e. The predicted octanol–water partition coefficient (Wildman–Crippen LogP) is 2.46. The molecule has 146 valence electrons. The van der Waals surface area contributed by atoms with Gasteiger partial charge in [-0.15, -0.1) is 0 Å². The number of benzene rings is 1. The maximum Gasteiger partial charge on any atom is 0.275 e. The highest BCUT2D eigenvalue weighted by atomic mass is 16.3. The first-order valence-corrected chi connectivity index (χ1v) is 9.59. The minimum absolute atomic E-state index is 0.0115. The van der Waals surface area contributed by atoms with Crippen LogP contribution in [0.2, 0.25) is 0 Å². The molecule has 1 amide bonds. The van der Waals surface area contributed by atoms with Gasteiger partial charge in [-0.3, -0.25) is 9.59 Å². The fraction of sp³-hybridized carbons (Fsp3) is 0.571. The Balaban J connectivity index is 1.98. The van der Waals surface area contributed by atoms with Gasteiger partial charge in [-0.2, -0.15) is 5.10 Å². The molecule has 6 heteroatoms. The number of nitrogens with zero attached hydrogens (tertiary/aromatic N) is 2. The molecule has 0 aliphatic heterocycles. The maximum absolute atomic E-state index is 12.9. The number of carbonyl (C=O) groups excluding carboxylic acids is 1. The molecule has 0 radical (unpaired) electrons. The first kappa shape index (κ1) is 19.5. The van der Waals surface area contributed by atoms with Crippen molar-refractivity contribution in [2.45, 2.75) is 77.5 Å². The van der Waals surface area contributed by atoms with Gasteiger partial charge in [0.2, 0.25) is 5.91 Å². The Hall–Kier alpha value is -2.21. The van der Waals surface area contributed by atoms with Gasteiger partial charge < -0.3 is 10.4 Å².